The minimum atomic E-state index is -1.80. The van der Waals surface area contributed by atoms with Crippen LogP contribution in [0.25, 0.3) is 0 Å². The number of hydrogen-bond acceptors (Lipinski definition) is 21. The largest absolute Gasteiger partial charge is 0.394 e. The molecule has 21 heteroatoms. The van der Waals surface area contributed by atoms with Crippen LogP contribution in [-0.4, -0.2) is 217 Å². The van der Waals surface area contributed by atoms with Gasteiger partial charge in [0.15, 0.2) is 31.5 Å². The molecule has 0 amide bonds. The maximum Gasteiger partial charge on any atom is 0.187 e. The number of aliphatic hydroxyl groups excluding tert-OH is 12. The molecule has 5 heterocycles. The predicted octanol–water partition coefficient (Wildman–Crippen LogP) is -8.73. The molecule has 46 heavy (non-hydrogen) atoms. The van der Waals surface area contributed by atoms with Crippen molar-refractivity contribution in [1.29, 1.82) is 0 Å². The summed E-state index contributed by atoms with van der Waals surface area (Å²) in [5.41, 5.74) is 0. The average molecular weight is 679 g/mol. The molecule has 12 N–H and O–H groups in total. The van der Waals surface area contributed by atoms with Gasteiger partial charge < -0.3 is 104 Å². The molecule has 5 rings (SSSR count). The van der Waals surface area contributed by atoms with Crippen molar-refractivity contribution in [1.82, 2.24) is 0 Å². The normalized spacial score (nSPS) is 53.7. The topological polar surface area (TPSA) is 326 Å². The van der Waals surface area contributed by atoms with Gasteiger partial charge in [-0.15, -0.1) is 0 Å². The van der Waals surface area contributed by atoms with E-state index in [0.717, 1.165) is 0 Å². The molecule has 5 fully saturated rings. The zero-order valence-corrected chi connectivity index (χ0v) is 24.1. The highest BCUT2D eigenvalue weighted by molar-refractivity contribution is 4.94. The van der Waals surface area contributed by atoms with Crippen LogP contribution in [0.2, 0.25) is 0 Å². The minimum Gasteiger partial charge on any atom is -0.394 e. The van der Waals surface area contributed by atoms with Crippen LogP contribution in [0.5, 0.6) is 0 Å². The second kappa shape index (κ2) is 15.4. The van der Waals surface area contributed by atoms with Crippen LogP contribution in [0.1, 0.15) is 0 Å². The molecule has 0 aliphatic carbocycles. The molecule has 0 aromatic heterocycles. The molecule has 21 nitrogen and oxygen atoms in total. The molecule has 5 saturated heterocycles. The minimum absolute atomic E-state index is 0.361. The van der Waals surface area contributed by atoms with Crippen LogP contribution in [0.15, 0.2) is 0 Å². The smallest absolute Gasteiger partial charge is 0.187 e. The van der Waals surface area contributed by atoms with Crippen molar-refractivity contribution in [2.24, 2.45) is 0 Å². The van der Waals surface area contributed by atoms with Gasteiger partial charge in [-0.2, -0.15) is 0 Å². The van der Waals surface area contributed by atoms with E-state index in [1.54, 1.807) is 0 Å². The Hall–Kier alpha value is -0.840. The Balaban J connectivity index is 1.19. The third kappa shape index (κ3) is 7.50. The molecule has 0 saturated carbocycles. The van der Waals surface area contributed by atoms with E-state index in [-0.39, 0.29) is 6.61 Å². The molecule has 5 aliphatic heterocycles. The van der Waals surface area contributed by atoms with Gasteiger partial charge in [-0.05, 0) is 0 Å². The van der Waals surface area contributed by atoms with Gasteiger partial charge in [0.05, 0.1) is 33.0 Å². The maximum atomic E-state index is 11.0. The SMILES string of the molecule is OC[C@@H]1O[C@@H](O[C@@H]2[C@@H](O)[C@H](O[C@@H]3CO[C@@H](O[C@@H]4CO[C@@H](O)[C@H](O)[C@H]4O)[C@H](O)[C@H]3O)OC[C@H]2O)[C@H](O[C@@H]2OC[C@@H](O)[C@H](O)[C@H]2O)[C@H]1O. The Labute approximate surface area is 260 Å². The van der Waals surface area contributed by atoms with E-state index in [2.05, 4.69) is 0 Å². The fourth-order valence-electron chi connectivity index (χ4n) is 5.63. The first-order valence-corrected chi connectivity index (χ1v) is 14.7. The van der Waals surface area contributed by atoms with Gasteiger partial charge in [0.25, 0.3) is 0 Å². The van der Waals surface area contributed by atoms with Crippen LogP contribution in [0, 0.1) is 0 Å². The third-order valence-corrected chi connectivity index (χ3v) is 8.44. The third-order valence-electron chi connectivity index (χ3n) is 8.44. The van der Waals surface area contributed by atoms with Gasteiger partial charge in [-0.25, -0.2) is 0 Å². The van der Waals surface area contributed by atoms with Gasteiger partial charge >= 0.3 is 0 Å². The zero-order chi connectivity index (χ0) is 33.4. The zero-order valence-electron chi connectivity index (χ0n) is 24.1. The maximum absolute atomic E-state index is 11.0. The second-order valence-corrected chi connectivity index (χ2v) is 11.7. The Morgan fingerprint density at radius 3 is 1.59 bits per heavy atom. The fourth-order valence-corrected chi connectivity index (χ4v) is 5.63. The summed E-state index contributed by atoms with van der Waals surface area (Å²) in [6.07, 6.45) is -31.2. The van der Waals surface area contributed by atoms with Crippen molar-refractivity contribution in [3.8, 4) is 0 Å². The van der Waals surface area contributed by atoms with Crippen molar-refractivity contribution >= 4 is 0 Å². The molecule has 0 unspecified atom stereocenters. The van der Waals surface area contributed by atoms with E-state index in [4.69, 9.17) is 42.6 Å². The molecule has 0 aromatic rings. The molecular formula is C25H42O21. The summed E-state index contributed by atoms with van der Waals surface area (Å²) >= 11 is 0. The van der Waals surface area contributed by atoms with Gasteiger partial charge in [-0.1, -0.05) is 0 Å². The summed E-state index contributed by atoms with van der Waals surface area (Å²) in [6.45, 7) is -2.39. The lowest BCUT2D eigenvalue weighted by atomic mass is 10.0. The summed E-state index contributed by atoms with van der Waals surface area (Å²) in [5, 5.41) is 122. The van der Waals surface area contributed by atoms with Crippen LogP contribution in [0.4, 0.5) is 0 Å². The average Bonchev–Trinajstić information content (AvgIpc) is 3.33. The van der Waals surface area contributed by atoms with Crippen molar-refractivity contribution in [2.45, 2.75) is 123 Å². The van der Waals surface area contributed by atoms with Crippen LogP contribution in [0.3, 0.4) is 0 Å². The fraction of sp³-hybridized carbons (Fsp3) is 1.00. The first-order chi connectivity index (χ1) is 21.8. The molecule has 0 spiro atoms. The Morgan fingerprint density at radius 2 is 0.935 bits per heavy atom. The summed E-state index contributed by atoms with van der Waals surface area (Å²) in [7, 11) is 0. The van der Waals surface area contributed by atoms with Crippen LogP contribution in [-0.2, 0) is 42.6 Å². The van der Waals surface area contributed by atoms with Gasteiger partial charge in [0.1, 0.15) is 91.6 Å². The van der Waals surface area contributed by atoms with Crippen molar-refractivity contribution < 1.29 is 104 Å². The monoisotopic (exact) mass is 678 g/mol. The van der Waals surface area contributed by atoms with E-state index in [1.165, 1.54) is 0 Å². The number of hydrogen-bond donors (Lipinski definition) is 12. The molecule has 0 bridgehead atoms. The molecule has 268 valence electrons. The quantitative estimate of drug-likeness (QED) is 0.108. The van der Waals surface area contributed by atoms with Crippen LogP contribution < -0.4 is 0 Å². The van der Waals surface area contributed by atoms with Crippen molar-refractivity contribution in [3.63, 3.8) is 0 Å². The van der Waals surface area contributed by atoms with E-state index in [9.17, 15) is 61.3 Å². The molecule has 5 aliphatic rings. The Morgan fingerprint density at radius 1 is 0.435 bits per heavy atom. The van der Waals surface area contributed by atoms with Crippen LogP contribution >= 0.6 is 0 Å². The molecule has 0 radical (unpaired) electrons. The molecule has 20 atom stereocenters. The lowest BCUT2D eigenvalue weighted by Crippen LogP contribution is -2.62. The van der Waals surface area contributed by atoms with E-state index < -0.39 is 149 Å². The standard InChI is InChI=1S/C25H42O21/c26-1-8-14(32)20(46-23-16(34)11(29)6(27)2-39-23)25(42-8)45-19-7(28)3-40-24(18(19)36)44-10-5-41-22(17(35)13(10)31)43-9-4-38-21(37)15(33)12(9)30/h6-37H,1-5H2/t6-,7-,8+,9-,10-,11+,12+,13+,14+,15-,16-,17-,18-,19+,20-,21-,22+,23+,24+,25+/m1/s1. The summed E-state index contributed by atoms with van der Waals surface area (Å²) in [5.74, 6) is 0. The number of aliphatic hydroxyl groups is 12. The number of rotatable bonds is 9. The summed E-state index contributed by atoms with van der Waals surface area (Å²) < 4.78 is 48.8. The number of ether oxygens (including phenoxy) is 9. The van der Waals surface area contributed by atoms with E-state index in [0.29, 0.717) is 0 Å². The van der Waals surface area contributed by atoms with Gasteiger partial charge in [-0.3, -0.25) is 0 Å². The lowest BCUT2D eigenvalue weighted by molar-refractivity contribution is -0.356. The second-order valence-electron chi connectivity index (χ2n) is 11.7. The highest BCUT2D eigenvalue weighted by atomic mass is 16.8. The first kappa shape index (κ1) is 36.4. The van der Waals surface area contributed by atoms with Gasteiger partial charge in [0, 0.05) is 0 Å². The van der Waals surface area contributed by atoms with Gasteiger partial charge in [0.2, 0.25) is 0 Å². The first-order valence-electron chi connectivity index (χ1n) is 14.7. The highest BCUT2D eigenvalue weighted by Gasteiger charge is 2.53. The summed E-state index contributed by atoms with van der Waals surface area (Å²) in [6, 6.07) is 0. The van der Waals surface area contributed by atoms with Crippen molar-refractivity contribution in [2.75, 3.05) is 33.0 Å². The summed E-state index contributed by atoms with van der Waals surface area (Å²) in [4.78, 5) is 0. The highest BCUT2D eigenvalue weighted by Crippen LogP contribution is 2.33. The Bertz CT molecular complexity index is 965. The lowest BCUT2D eigenvalue weighted by Gasteiger charge is -2.44. The predicted molar refractivity (Wildman–Crippen MR) is 136 cm³/mol. The van der Waals surface area contributed by atoms with E-state index >= 15 is 0 Å². The van der Waals surface area contributed by atoms with E-state index in [1.807, 2.05) is 0 Å². The molecule has 0 aromatic carbocycles. The molecular weight excluding hydrogens is 636 g/mol. The Kier molecular flexibility index (Phi) is 12.2. The van der Waals surface area contributed by atoms with Crippen molar-refractivity contribution in [3.05, 3.63) is 0 Å².